The van der Waals surface area contributed by atoms with E-state index >= 15 is 0 Å². The molecule has 2 rings (SSSR count). The second kappa shape index (κ2) is 6.05. The van der Waals surface area contributed by atoms with Crippen LogP contribution in [0.5, 0.6) is 0 Å². The first-order valence-corrected chi connectivity index (χ1v) is 7.23. The zero-order valence-electron chi connectivity index (χ0n) is 11.7. The van der Waals surface area contributed by atoms with E-state index in [0.29, 0.717) is 22.0 Å². The van der Waals surface area contributed by atoms with Crippen molar-refractivity contribution in [2.45, 2.75) is 31.6 Å². The summed E-state index contributed by atoms with van der Waals surface area (Å²) in [7, 11) is 0. The molecule has 104 valence electrons. The molecule has 2 aromatic rings. The number of carbonyl (C=O) groups is 1. The molecule has 0 spiro atoms. The standard InChI is InChI=1S/C15H16N2O2S/c1-9-6-4-5-7-12(9)8-20-14-13(15(18)19)10(2)11(3)16-17-14/h4-7H,8H2,1-3H3,(H,18,19). The maximum atomic E-state index is 11.4. The maximum Gasteiger partial charge on any atom is 0.338 e. The molecule has 4 nitrogen and oxygen atoms in total. The highest BCUT2D eigenvalue weighted by molar-refractivity contribution is 7.98. The zero-order valence-corrected chi connectivity index (χ0v) is 12.5. The van der Waals surface area contributed by atoms with Crippen molar-refractivity contribution >= 4 is 17.7 Å². The Bertz CT molecular complexity index is 656. The Morgan fingerprint density at radius 1 is 1.20 bits per heavy atom. The molecule has 5 heteroatoms. The van der Waals surface area contributed by atoms with Gasteiger partial charge < -0.3 is 5.11 Å². The van der Waals surface area contributed by atoms with Gasteiger partial charge in [-0.25, -0.2) is 4.79 Å². The number of nitrogens with zero attached hydrogens (tertiary/aromatic N) is 2. The summed E-state index contributed by atoms with van der Waals surface area (Å²) in [5, 5.41) is 17.9. The van der Waals surface area contributed by atoms with Crippen molar-refractivity contribution in [3.8, 4) is 0 Å². The summed E-state index contributed by atoms with van der Waals surface area (Å²) in [6.45, 7) is 5.58. The number of carboxylic acids is 1. The number of hydrogen-bond acceptors (Lipinski definition) is 4. The monoisotopic (exact) mass is 288 g/mol. The molecule has 0 aliphatic rings. The quantitative estimate of drug-likeness (QED) is 0.874. The summed E-state index contributed by atoms with van der Waals surface area (Å²) in [6.07, 6.45) is 0. The second-order valence-electron chi connectivity index (χ2n) is 4.61. The van der Waals surface area contributed by atoms with E-state index in [-0.39, 0.29) is 5.56 Å². The predicted molar refractivity (Wildman–Crippen MR) is 79.2 cm³/mol. The lowest BCUT2D eigenvalue weighted by Gasteiger charge is -2.09. The first kappa shape index (κ1) is 14.5. The van der Waals surface area contributed by atoms with Gasteiger partial charge in [0.05, 0.1) is 11.3 Å². The number of rotatable bonds is 4. The molecule has 1 aromatic carbocycles. The lowest BCUT2D eigenvalue weighted by molar-refractivity contribution is 0.0690. The fraction of sp³-hybridized carbons (Fsp3) is 0.267. The molecule has 1 N–H and O–H groups in total. The van der Waals surface area contributed by atoms with Gasteiger partial charge in [0.25, 0.3) is 0 Å². The fourth-order valence-corrected chi connectivity index (χ4v) is 2.96. The van der Waals surface area contributed by atoms with Crippen molar-refractivity contribution in [3.63, 3.8) is 0 Å². The summed E-state index contributed by atoms with van der Waals surface area (Å²) in [4.78, 5) is 11.4. The molecule has 0 aliphatic carbocycles. The van der Waals surface area contributed by atoms with Crippen molar-refractivity contribution in [1.82, 2.24) is 10.2 Å². The molecular weight excluding hydrogens is 272 g/mol. The van der Waals surface area contributed by atoms with Crippen molar-refractivity contribution in [1.29, 1.82) is 0 Å². The highest BCUT2D eigenvalue weighted by atomic mass is 32.2. The number of thioether (sulfide) groups is 1. The van der Waals surface area contributed by atoms with Gasteiger partial charge in [0.1, 0.15) is 5.03 Å². The van der Waals surface area contributed by atoms with Crippen LogP contribution >= 0.6 is 11.8 Å². The van der Waals surface area contributed by atoms with Crippen LogP contribution < -0.4 is 0 Å². The Hall–Kier alpha value is -1.88. The molecule has 20 heavy (non-hydrogen) atoms. The van der Waals surface area contributed by atoms with Crippen LogP contribution in [-0.4, -0.2) is 21.3 Å². The normalized spacial score (nSPS) is 10.6. The average molecular weight is 288 g/mol. The Labute approximate surface area is 122 Å². The van der Waals surface area contributed by atoms with Gasteiger partial charge in [0.15, 0.2) is 0 Å². The minimum atomic E-state index is -0.951. The van der Waals surface area contributed by atoms with E-state index in [4.69, 9.17) is 0 Å². The van der Waals surface area contributed by atoms with Crippen molar-refractivity contribution < 1.29 is 9.90 Å². The molecule has 0 radical (unpaired) electrons. The largest absolute Gasteiger partial charge is 0.478 e. The summed E-state index contributed by atoms with van der Waals surface area (Å²) >= 11 is 1.41. The van der Waals surface area contributed by atoms with Crippen LogP contribution in [0.15, 0.2) is 29.3 Å². The van der Waals surface area contributed by atoms with Gasteiger partial charge in [0, 0.05) is 5.75 Å². The van der Waals surface area contributed by atoms with Gasteiger partial charge >= 0.3 is 5.97 Å². The number of aromatic carboxylic acids is 1. The van der Waals surface area contributed by atoms with Gasteiger partial charge in [-0.15, -0.1) is 5.10 Å². The minimum Gasteiger partial charge on any atom is -0.478 e. The van der Waals surface area contributed by atoms with E-state index in [1.54, 1.807) is 13.8 Å². The highest BCUT2D eigenvalue weighted by Crippen LogP contribution is 2.27. The molecule has 0 bridgehead atoms. The van der Waals surface area contributed by atoms with Crippen molar-refractivity contribution in [3.05, 3.63) is 52.2 Å². The Kier molecular flexibility index (Phi) is 4.39. The molecule has 0 atom stereocenters. The van der Waals surface area contributed by atoms with Crippen LogP contribution in [0.2, 0.25) is 0 Å². The fourth-order valence-electron chi connectivity index (χ4n) is 1.86. The summed E-state index contributed by atoms with van der Waals surface area (Å²) in [5.41, 5.74) is 3.96. The van der Waals surface area contributed by atoms with E-state index < -0.39 is 5.97 Å². The smallest absolute Gasteiger partial charge is 0.338 e. The summed E-state index contributed by atoms with van der Waals surface area (Å²) < 4.78 is 0. The van der Waals surface area contributed by atoms with E-state index in [9.17, 15) is 9.90 Å². The van der Waals surface area contributed by atoms with Crippen LogP contribution in [0.25, 0.3) is 0 Å². The summed E-state index contributed by atoms with van der Waals surface area (Å²) in [5.74, 6) is -0.266. The molecule has 0 fully saturated rings. The van der Waals surface area contributed by atoms with Gasteiger partial charge in [0.2, 0.25) is 0 Å². The molecule has 0 amide bonds. The lowest BCUT2D eigenvalue weighted by atomic mass is 10.1. The van der Waals surface area contributed by atoms with Gasteiger partial charge in [-0.2, -0.15) is 5.10 Å². The SMILES string of the molecule is Cc1ccccc1CSc1nnc(C)c(C)c1C(=O)O. The van der Waals surface area contributed by atoms with Crippen LogP contribution in [0.1, 0.15) is 32.7 Å². The highest BCUT2D eigenvalue weighted by Gasteiger charge is 2.18. The predicted octanol–water partition coefficient (Wildman–Crippen LogP) is 3.39. The first-order valence-electron chi connectivity index (χ1n) is 6.25. The summed E-state index contributed by atoms with van der Waals surface area (Å²) in [6, 6.07) is 8.05. The van der Waals surface area contributed by atoms with E-state index in [0.717, 1.165) is 0 Å². The Morgan fingerprint density at radius 2 is 1.90 bits per heavy atom. The number of carboxylic acid groups (broad SMARTS) is 1. The molecule has 0 saturated heterocycles. The van der Waals surface area contributed by atoms with Gasteiger partial charge in [-0.05, 0) is 37.5 Å². The van der Waals surface area contributed by atoms with Gasteiger partial charge in [-0.1, -0.05) is 36.0 Å². The molecule has 0 aliphatic heterocycles. The molecule has 0 saturated carbocycles. The zero-order chi connectivity index (χ0) is 14.7. The lowest BCUT2D eigenvalue weighted by Crippen LogP contribution is -2.08. The van der Waals surface area contributed by atoms with E-state index in [1.165, 1.54) is 22.9 Å². The van der Waals surface area contributed by atoms with Crippen molar-refractivity contribution in [2.24, 2.45) is 0 Å². The average Bonchev–Trinajstić information content (AvgIpc) is 2.41. The Morgan fingerprint density at radius 3 is 2.55 bits per heavy atom. The number of benzene rings is 1. The molecule has 0 unspecified atom stereocenters. The third-order valence-corrected chi connectivity index (χ3v) is 4.28. The minimum absolute atomic E-state index is 0.260. The number of aryl methyl sites for hydroxylation is 2. The van der Waals surface area contributed by atoms with Crippen LogP contribution in [0, 0.1) is 20.8 Å². The number of aromatic nitrogens is 2. The van der Waals surface area contributed by atoms with E-state index in [2.05, 4.69) is 10.2 Å². The van der Waals surface area contributed by atoms with Crippen LogP contribution in [0.3, 0.4) is 0 Å². The first-order chi connectivity index (χ1) is 9.50. The van der Waals surface area contributed by atoms with Crippen LogP contribution in [0.4, 0.5) is 0 Å². The topological polar surface area (TPSA) is 63.1 Å². The van der Waals surface area contributed by atoms with Crippen molar-refractivity contribution in [2.75, 3.05) is 0 Å². The second-order valence-corrected chi connectivity index (χ2v) is 5.57. The van der Waals surface area contributed by atoms with Gasteiger partial charge in [-0.3, -0.25) is 0 Å². The molecule has 1 aromatic heterocycles. The third-order valence-electron chi connectivity index (χ3n) is 3.26. The molecule has 1 heterocycles. The number of hydrogen-bond donors (Lipinski definition) is 1. The van der Waals surface area contributed by atoms with Crippen LogP contribution in [-0.2, 0) is 5.75 Å². The Balaban J connectivity index is 2.29. The maximum absolute atomic E-state index is 11.4. The van der Waals surface area contributed by atoms with E-state index in [1.807, 2.05) is 31.2 Å². The molecular formula is C15H16N2O2S. The third kappa shape index (κ3) is 2.99.